The van der Waals surface area contributed by atoms with Crippen molar-refractivity contribution in [2.24, 2.45) is 0 Å². The predicted octanol–water partition coefficient (Wildman–Crippen LogP) is 5.61. The summed E-state index contributed by atoms with van der Waals surface area (Å²) < 4.78 is 0. The number of aryl methyl sites for hydroxylation is 1. The molecule has 0 aliphatic heterocycles. The van der Waals surface area contributed by atoms with Gasteiger partial charge in [-0.05, 0) is 50.5 Å². The van der Waals surface area contributed by atoms with Gasteiger partial charge in [0.15, 0.2) is 0 Å². The monoisotopic (exact) mass is 458 g/mol. The summed E-state index contributed by atoms with van der Waals surface area (Å²) in [5.41, 5.74) is 2.03. The van der Waals surface area contributed by atoms with Crippen LogP contribution in [0.15, 0.2) is 53.4 Å². The highest BCUT2D eigenvalue weighted by Gasteiger charge is 2.28. The van der Waals surface area contributed by atoms with E-state index in [0.29, 0.717) is 11.6 Å². The van der Waals surface area contributed by atoms with Crippen molar-refractivity contribution in [3.63, 3.8) is 0 Å². The highest BCUT2D eigenvalue weighted by molar-refractivity contribution is 8.00. The van der Waals surface area contributed by atoms with Gasteiger partial charge >= 0.3 is 0 Å². The minimum atomic E-state index is -0.565. The molecule has 0 aromatic heterocycles. The number of amides is 2. The maximum Gasteiger partial charge on any atom is 0.242 e. The van der Waals surface area contributed by atoms with Gasteiger partial charge in [0, 0.05) is 22.5 Å². The van der Waals surface area contributed by atoms with Gasteiger partial charge in [-0.1, -0.05) is 66.8 Å². The van der Waals surface area contributed by atoms with Crippen molar-refractivity contribution in [2.75, 3.05) is 5.75 Å². The summed E-state index contributed by atoms with van der Waals surface area (Å²) in [6.45, 7) is 4.16. The van der Waals surface area contributed by atoms with Gasteiger partial charge in [-0.15, -0.1) is 11.8 Å². The Bertz CT molecular complexity index is 881. The molecule has 0 radical (unpaired) electrons. The van der Waals surface area contributed by atoms with Crippen LogP contribution in [-0.4, -0.2) is 34.6 Å². The molecule has 0 unspecified atom stereocenters. The number of hydrogen-bond acceptors (Lipinski definition) is 3. The van der Waals surface area contributed by atoms with E-state index in [2.05, 4.69) is 5.32 Å². The van der Waals surface area contributed by atoms with Crippen LogP contribution in [0.1, 0.15) is 50.2 Å². The van der Waals surface area contributed by atoms with Crippen molar-refractivity contribution in [1.29, 1.82) is 0 Å². The fraction of sp³-hybridized carbons (Fsp3) is 0.440. The zero-order valence-electron chi connectivity index (χ0n) is 18.3. The average molecular weight is 459 g/mol. The number of carbonyl (C=O) groups excluding carboxylic acids is 2. The Balaban J connectivity index is 1.71. The van der Waals surface area contributed by atoms with Gasteiger partial charge in [0.1, 0.15) is 6.04 Å². The Morgan fingerprint density at radius 2 is 1.77 bits per heavy atom. The third-order valence-corrected chi connectivity index (χ3v) is 7.17. The summed E-state index contributed by atoms with van der Waals surface area (Å²) in [5, 5.41) is 3.76. The normalized spacial score (nSPS) is 15.3. The van der Waals surface area contributed by atoms with E-state index in [4.69, 9.17) is 11.6 Å². The summed E-state index contributed by atoms with van der Waals surface area (Å²) >= 11 is 7.85. The van der Waals surface area contributed by atoms with Crippen LogP contribution in [0.5, 0.6) is 0 Å². The Morgan fingerprint density at radius 1 is 1.10 bits per heavy atom. The maximum absolute atomic E-state index is 13.2. The molecule has 166 valence electrons. The van der Waals surface area contributed by atoms with Gasteiger partial charge in [0.05, 0.1) is 5.75 Å². The average Bonchev–Trinajstić information content (AvgIpc) is 2.78. The predicted molar refractivity (Wildman–Crippen MR) is 128 cm³/mol. The van der Waals surface area contributed by atoms with Crippen molar-refractivity contribution in [1.82, 2.24) is 10.2 Å². The van der Waals surface area contributed by atoms with Gasteiger partial charge in [-0.3, -0.25) is 9.59 Å². The van der Waals surface area contributed by atoms with Crippen LogP contribution in [0.4, 0.5) is 0 Å². The molecule has 2 amide bonds. The quantitative estimate of drug-likeness (QED) is 0.523. The number of nitrogens with one attached hydrogen (secondary N) is 1. The smallest absolute Gasteiger partial charge is 0.242 e. The van der Waals surface area contributed by atoms with Crippen LogP contribution in [0.3, 0.4) is 0 Å². The summed E-state index contributed by atoms with van der Waals surface area (Å²) in [4.78, 5) is 28.9. The highest BCUT2D eigenvalue weighted by Crippen LogP contribution is 2.23. The summed E-state index contributed by atoms with van der Waals surface area (Å²) in [6, 6.07) is 15.2. The lowest BCUT2D eigenvalue weighted by atomic mass is 9.95. The number of benzene rings is 2. The first-order valence-corrected chi connectivity index (χ1v) is 12.3. The molecule has 1 atom stereocenters. The maximum atomic E-state index is 13.2. The summed E-state index contributed by atoms with van der Waals surface area (Å²) in [5.74, 6) is 0.110. The molecule has 0 saturated heterocycles. The summed E-state index contributed by atoms with van der Waals surface area (Å²) in [6.07, 6.45) is 5.55. The van der Waals surface area contributed by atoms with Crippen molar-refractivity contribution >= 4 is 35.2 Å². The van der Waals surface area contributed by atoms with E-state index < -0.39 is 6.04 Å². The second-order valence-electron chi connectivity index (χ2n) is 8.23. The molecule has 6 heteroatoms. The first kappa shape index (κ1) is 23.7. The molecular weight excluding hydrogens is 428 g/mol. The van der Waals surface area contributed by atoms with Gasteiger partial charge in [0.2, 0.25) is 11.8 Å². The minimum absolute atomic E-state index is 0.0724. The van der Waals surface area contributed by atoms with Crippen molar-refractivity contribution in [3.05, 3.63) is 64.7 Å². The van der Waals surface area contributed by atoms with Crippen LogP contribution in [0.2, 0.25) is 5.02 Å². The Labute approximate surface area is 194 Å². The van der Waals surface area contributed by atoms with Gasteiger partial charge in [-0.2, -0.15) is 0 Å². The molecule has 1 saturated carbocycles. The fourth-order valence-corrected chi connectivity index (χ4v) is 4.80. The van der Waals surface area contributed by atoms with E-state index in [9.17, 15) is 9.59 Å². The Morgan fingerprint density at radius 3 is 2.45 bits per heavy atom. The zero-order chi connectivity index (χ0) is 22.2. The molecule has 1 aliphatic carbocycles. The number of hydrogen-bond donors (Lipinski definition) is 1. The Kier molecular flexibility index (Phi) is 8.85. The standard InChI is InChI=1S/C25H31ClN2O2S/c1-18-12-14-22(15-13-18)31-17-24(29)28(16-20-8-6-7-11-23(20)26)19(2)25(30)27-21-9-4-3-5-10-21/h6-8,11-15,19,21H,3-5,9-10,16-17H2,1-2H3,(H,27,30)/t19-/m1/s1. The molecule has 0 heterocycles. The van der Waals surface area contributed by atoms with E-state index in [1.807, 2.05) is 62.4 Å². The van der Waals surface area contributed by atoms with Crippen LogP contribution >= 0.6 is 23.4 Å². The molecule has 0 spiro atoms. The molecule has 1 fully saturated rings. The molecule has 2 aromatic carbocycles. The van der Waals surface area contributed by atoms with Crippen molar-refractivity contribution < 1.29 is 9.59 Å². The van der Waals surface area contributed by atoms with E-state index in [-0.39, 0.29) is 23.6 Å². The first-order chi connectivity index (χ1) is 14.9. The topological polar surface area (TPSA) is 49.4 Å². The molecule has 1 aliphatic rings. The molecule has 31 heavy (non-hydrogen) atoms. The van der Waals surface area contributed by atoms with E-state index in [1.165, 1.54) is 23.7 Å². The molecule has 1 N–H and O–H groups in total. The fourth-order valence-electron chi connectivity index (χ4n) is 3.82. The number of halogens is 1. The summed E-state index contributed by atoms with van der Waals surface area (Å²) in [7, 11) is 0. The van der Waals surface area contributed by atoms with Crippen LogP contribution < -0.4 is 5.32 Å². The van der Waals surface area contributed by atoms with Crippen molar-refractivity contribution in [3.8, 4) is 0 Å². The molecular formula is C25H31ClN2O2S. The second kappa shape index (κ2) is 11.6. The first-order valence-electron chi connectivity index (χ1n) is 11.0. The van der Waals surface area contributed by atoms with Crippen molar-refractivity contribution in [2.45, 2.75) is 69.5 Å². The SMILES string of the molecule is Cc1ccc(SCC(=O)N(Cc2ccccc2Cl)[C@H](C)C(=O)NC2CCCCC2)cc1. The number of nitrogens with zero attached hydrogens (tertiary/aromatic N) is 1. The van der Waals surface area contributed by atoms with Crippen LogP contribution in [0, 0.1) is 6.92 Å². The highest BCUT2D eigenvalue weighted by atomic mass is 35.5. The molecule has 2 aromatic rings. The largest absolute Gasteiger partial charge is 0.352 e. The van der Waals surface area contributed by atoms with E-state index >= 15 is 0 Å². The third kappa shape index (κ3) is 7.01. The number of carbonyl (C=O) groups is 2. The Hall–Kier alpha value is -1.98. The molecule has 4 nitrogen and oxygen atoms in total. The van der Waals surface area contributed by atoms with E-state index in [0.717, 1.165) is 36.1 Å². The second-order valence-corrected chi connectivity index (χ2v) is 9.69. The van der Waals surface area contributed by atoms with Crippen LogP contribution in [-0.2, 0) is 16.1 Å². The minimum Gasteiger partial charge on any atom is -0.352 e. The number of thioether (sulfide) groups is 1. The number of rotatable bonds is 8. The van der Waals surface area contributed by atoms with E-state index in [1.54, 1.807) is 4.90 Å². The lowest BCUT2D eigenvalue weighted by molar-refractivity contribution is -0.139. The molecule has 3 rings (SSSR count). The lowest BCUT2D eigenvalue weighted by Gasteiger charge is -2.31. The third-order valence-electron chi connectivity index (χ3n) is 5.80. The van der Waals surface area contributed by atoms with Gasteiger partial charge < -0.3 is 10.2 Å². The van der Waals surface area contributed by atoms with Crippen LogP contribution in [0.25, 0.3) is 0 Å². The van der Waals surface area contributed by atoms with Gasteiger partial charge in [-0.25, -0.2) is 0 Å². The zero-order valence-corrected chi connectivity index (χ0v) is 19.8. The molecule has 0 bridgehead atoms. The van der Waals surface area contributed by atoms with Gasteiger partial charge in [0.25, 0.3) is 0 Å². The lowest BCUT2D eigenvalue weighted by Crippen LogP contribution is -2.50.